The maximum atomic E-state index is 12.2. The number of benzene rings is 2. The number of rotatable bonds is 6. The fourth-order valence-electron chi connectivity index (χ4n) is 2.73. The van der Waals surface area contributed by atoms with Crippen LogP contribution < -0.4 is 20.1 Å². The van der Waals surface area contributed by atoms with E-state index in [-0.39, 0.29) is 11.8 Å². The summed E-state index contributed by atoms with van der Waals surface area (Å²) in [5.41, 5.74) is 1.45. The molecule has 1 aliphatic rings. The molecule has 0 fully saturated rings. The molecule has 0 aromatic heterocycles. The van der Waals surface area contributed by atoms with Crippen molar-refractivity contribution in [3.8, 4) is 11.5 Å². The normalized spacial score (nSPS) is 13.6. The molecule has 27 heavy (non-hydrogen) atoms. The van der Waals surface area contributed by atoms with Crippen molar-refractivity contribution in [2.24, 2.45) is 0 Å². The minimum atomic E-state index is -0.637. The Morgan fingerprint density at radius 2 is 1.89 bits per heavy atom. The van der Waals surface area contributed by atoms with Gasteiger partial charge in [-0.25, -0.2) is 0 Å². The molecule has 2 amide bonds. The standard InChI is InChI=1S/C20H21ClN2O4/c1-13(23-20(25)15-5-3-2-4-6-15)19(24)22-8-7-14-11-16(21)18-17(12-14)26-9-10-27-18/h2-6,11-13H,7-10H2,1H3,(H,22,24)(H,23,25). The molecule has 0 saturated heterocycles. The molecule has 1 aliphatic heterocycles. The van der Waals surface area contributed by atoms with Gasteiger partial charge in [-0.2, -0.15) is 0 Å². The molecule has 2 aromatic rings. The molecule has 1 heterocycles. The van der Waals surface area contributed by atoms with Gasteiger partial charge in [0.15, 0.2) is 11.5 Å². The summed E-state index contributed by atoms with van der Waals surface area (Å²) >= 11 is 6.21. The number of ether oxygens (including phenoxy) is 2. The van der Waals surface area contributed by atoms with Gasteiger partial charge in [0.25, 0.3) is 5.91 Å². The molecule has 1 unspecified atom stereocenters. The van der Waals surface area contributed by atoms with Crippen LogP contribution in [-0.2, 0) is 11.2 Å². The number of amides is 2. The molecule has 0 saturated carbocycles. The predicted molar refractivity (Wildman–Crippen MR) is 103 cm³/mol. The van der Waals surface area contributed by atoms with Gasteiger partial charge < -0.3 is 20.1 Å². The molecule has 3 rings (SSSR count). The number of carbonyl (C=O) groups is 2. The van der Waals surface area contributed by atoms with Gasteiger partial charge in [0.2, 0.25) is 5.91 Å². The van der Waals surface area contributed by atoms with Crippen LogP contribution in [0.3, 0.4) is 0 Å². The lowest BCUT2D eigenvalue weighted by Gasteiger charge is -2.20. The van der Waals surface area contributed by atoms with Crippen molar-refractivity contribution in [2.45, 2.75) is 19.4 Å². The molecule has 6 nitrogen and oxygen atoms in total. The number of nitrogens with one attached hydrogen (secondary N) is 2. The van der Waals surface area contributed by atoms with E-state index in [4.69, 9.17) is 21.1 Å². The maximum Gasteiger partial charge on any atom is 0.251 e. The molecular formula is C20H21ClN2O4. The van der Waals surface area contributed by atoms with Gasteiger partial charge >= 0.3 is 0 Å². The van der Waals surface area contributed by atoms with Gasteiger partial charge in [-0.05, 0) is 43.2 Å². The molecule has 142 valence electrons. The minimum Gasteiger partial charge on any atom is -0.486 e. The summed E-state index contributed by atoms with van der Waals surface area (Å²) in [7, 11) is 0. The number of carbonyl (C=O) groups excluding carboxylic acids is 2. The highest BCUT2D eigenvalue weighted by Crippen LogP contribution is 2.38. The Kier molecular flexibility index (Phi) is 6.19. The topological polar surface area (TPSA) is 76.7 Å². The summed E-state index contributed by atoms with van der Waals surface area (Å²) in [4.78, 5) is 24.3. The van der Waals surface area contributed by atoms with E-state index in [1.54, 1.807) is 31.2 Å². The van der Waals surface area contributed by atoms with Crippen LogP contribution >= 0.6 is 11.6 Å². The average Bonchev–Trinajstić information content (AvgIpc) is 2.68. The highest BCUT2D eigenvalue weighted by atomic mass is 35.5. The van der Waals surface area contributed by atoms with Crippen LogP contribution in [0.5, 0.6) is 11.5 Å². The Morgan fingerprint density at radius 1 is 1.15 bits per heavy atom. The van der Waals surface area contributed by atoms with Crippen molar-refractivity contribution < 1.29 is 19.1 Å². The Balaban J connectivity index is 1.49. The Morgan fingerprint density at radius 3 is 2.67 bits per heavy atom. The largest absolute Gasteiger partial charge is 0.486 e. The highest BCUT2D eigenvalue weighted by Gasteiger charge is 2.18. The van der Waals surface area contributed by atoms with E-state index in [0.29, 0.717) is 48.3 Å². The van der Waals surface area contributed by atoms with Crippen molar-refractivity contribution in [1.82, 2.24) is 10.6 Å². The Hall–Kier alpha value is -2.73. The van der Waals surface area contributed by atoms with Gasteiger partial charge in [0.1, 0.15) is 19.3 Å². The van der Waals surface area contributed by atoms with E-state index >= 15 is 0 Å². The first-order valence-electron chi connectivity index (χ1n) is 8.76. The molecule has 1 atom stereocenters. The third kappa shape index (κ3) is 4.92. The zero-order valence-electron chi connectivity index (χ0n) is 15.0. The first-order chi connectivity index (χ1) is 13.0. The van der Waals surface area contributed by atoms with Gasteiger partial charge in [0, 0.05) is 12.1 Å². The van der Waals surface area contributed by atoms with E-state index in [0.717, 1.165) is 5.56 Å². The Labute approximate surface area is 162 Å². The van der Waals surface area contributed by atoms with E-state index in [1.165, 1.54) is 0 Å². The molecule has 0 bridgehead atoms. The second-order valence-electron chi connectivity index (χ2n) is 6.20. The summed E-state index contributed by atoms with van der Waals surface area (Å²) in [6.07, 6.45) is 0.585. The minimum absolute atomic E-state index is 0.247. The molecule has 0 spiro atoms. The first-order valence-corrected chi connectivity index (χ1v) is 9.14. The van der Waals surface area contributed by atoms with E-state index < -0.39 is 6.04 Å². The lowest BCUT2D eigenvalue weighted by molar-refractivity contribution is -0.122. The molecule has 0 radical (unpaired) electrons. The average molecular weight is 389 g/mol. The van der Waals surface area contributed by atoms with Gasteiger partial charge in [-0.15, -0.1) is 0 Å². The van der Waals surface area contributed by atoms with Crippen LogP contribution in [0.25, 0.3) is 0 Å². The lowest BCUT2D eigenvalue weighted by Crippen LogP contribution is -2.45. The molecular weight excluding hydrogens is 368 g/mol. The van der Waals surface area contributed by atoms with Crippen molar-refractivity contribution in [3.63, 3.8) is 0 Å². The Bertz CT molecular complexity index is 826. The third-order valence-electron chi connectivity index (χ3n) is 4.15. The van der Waals surface area contributed by atoms with Crippen LogP contribution in [0.1, 0.15) is 22.8 Å². The monoisotopic (exact) mass is 388 g/mol. The number of halogens is 1. The van der Waals surface area contributed by atoms with Crippen LogP contribution in [0.2, 0.25) is 5.02 Å². The van der Waals surface area contributed by atoms with Gasteiger partial charge in [-0.1, -0.05) is 29.8 Å². The highest BCUT2D eigenvalue weighted by molar-refractivity contribution is 6.32. The van der Waals surface area contributed by atoms with Gasteiger partial charge in [-0.3, -0.25) is 9.59 Å². The first kappa shape index (κ1) is 19.0. The quantitative estimate of drug-likeness (QED) is 0.797. The van der Waals surface area contributed by atoms with E-state index in [1.807, 2.05) is 18.2 Å². The summed E-state index contributed by atoms with van der Waals surface area (Å²) < 4.78 is 11.0. The second kappa shape index (κ2) is 8.77. The predicted octanol–water partition coefficient (Wildman–Crippen LogP) is 2.59. The number of hydrogen-bond donors (Lipinski definition) is 2. The van der Waals surface area contributed by atoms with Crippen molar-refractivity contribution in [2.75, 3.05) is 19.8 Å². The summed E-state index contributed by atoms with van der Waals surface area (Å²) in [5, 5.41) is 6.00. The van der Waals surface area contributed by atoms with Crippen molar-refractivity contribution in [3.05, 3.63) is 58.6 Å². The van der Waals surface area contributed by atoms with Crippen LogP contribution in [0.15, 0.2) is 42.5 Å². The molecule has 2 aromatic carbocycles. The van der Waals surface area contributed by atoms with Crippen LogP contribution in [0, 0.1) is 0 Å². The smallest absolute Gasteiger partial charge is 0.251 e. The second-order valence-corrected chi connectivity index (χ2v) is 6.61. The zero-order valence-corrected chi connectivity index (χ0v) is 15.7. The third-order valence-corrected chi connectivity index (χ3v) is 4.43. The number of fused-ring (bicyclic) bond motifs is 1. The molecule has 0 aliphatic carbocycles. The van der Waals surface area contributed by atoms with E-state index in [2.05, 4.69) is 10.6 Å². The lowest BCUT2D eigenvalue weighted by atomic mass is 10.1. The van der Waals surface area contributed by atoms with Crippen LogP contribution in [0.4, 0.5) is 0 Å². The molecule has 7 heteroatoms. The fraction of sp³-hybridized carbons (Fsp3) is 0.300. The summed E-state index contributed by atoms with van der Waals surface area (Å²) in [6.45, 7) is 3.04. The SMILES string of the molecule is CC(NC(=O)c1ccccc1)C(=O)NCCc1cc(Cl)c2c(c1)OCCO2. The van der Waals surface area contributed by atoms with Crippen LogP contribution in [-0.4, -0.2) is 37.6 Å². The summed E-state index contributed by atoms with van der Waals surface area (Å²) in [6, 6.07) is 11.8. The van der Waals surface area contributed by atoms with Gasteiger partial charge in [0.05, 0.1) is 5.02 Å². The van der Waals surface area contributed by atoms with Crippen molar-refractivity contribution >= 4 is 23.4 Å². The number of hydrogen-bond acceptors (Lipinski definition) is 4. The van der Waals surface area contributed by atoms with Crippen molar-refractivity contribution in [1.29, 1.82) is 0 Å². The molecule has 2 N–H and O–H groups in total. The zero-order chi connectivity index (χ0) is 19.2. The maximum absolute atomic E-state index is 12.2. The van der Waals surface area contributed by atoms with E-state index in [9.17, 15) is 9.59 Å². The fourth-order valence-corrected chi connectivity index (χ4v) is 3.01. The summed E-state index contributed by atoms with van der Waals surface area (Å²) in [5.74, 6) is 0.659.